The van der Waals surface area contributed by atoms with Crippen molar-refractivity contribution in [3.05, 3.63) is 64.3 Å². The van der Waals surface area contributed by atoms with E-state index >= 15 is 0 Å². The highest BCUT2D eigenvalue weighted by molar-refractivity contribution is 5.92. The molecule has 2 bridgehead atoms. The van der Waals surface area contributed by atoms with Gasteiger partial charge in [-0.15, -0.1) is 0 Å². The molecule has 0 aromatic carbocycles. The van der Waals surface area contributed by atoms with Crippen LogP contribution in [0.4, 0.5) is 0 Å². The molecule has 22 heavy (non-hydrogen) atoms. The number of aromatic nitrogens is 2. The van der Waals surface area contributed by atoms with Gasteiger partial charge >= 0.3 is 0 Å². The maximum atomic E-state index is 12.6. The molecule has 1 fully saturated rings. The molecule has 1 saturated heterocycles. The number of hydrogen-bond donors (Lipinski definition) is 0. The van der Waals surface area contributed by atoms with Crippen molar-refractivity contribution in [2.45, 2.75) is 18.9 Å². The molecule has 0 spiro atoms. The Labute approximate surface area is 128 Å². The van der Waals surface area contributed by atoms with Crippen LogP contribution in [0, 0.1) is 5.92 Å². The van der Waals surface area contributed by atoms with Gasteiger partial charge in [-0.05, 0) is 30.5 Å². The van der Waals surface area contributed by atoms with Crippen molar-refractivity contribution in [3.63, 3.8) is 0 Å². The van der Waals surface area contributed by atoms with Gasteiger partial charge in [-0.25, -0.2) is 0 Å². The standard InChI is InChI=1S/C17H17N3O2/c21-16-6-3-5-15-13-8-12(10-20(15)16)9-19(11-13)17(22)14-4-1-2-7-18-14/h1-7,12-13H,8-11H2. The summed E-state index contributed by atoms with van der Waals surface area (Å²) < 4.78 is 1.88. The maximum absolute atomic E-state index is 12.6. The molecule has 5 heteroatoms. The highest BCUT2D eigenvalue weighted by atomic mass is 16.2. The summed E-state index contributed by atoms with van der Waals surface area (Å²) in [5.41, 5.74) is 1.62. The smallest absolute Gasteiger partial charge is 0.272 e. The van der Waals surface area contributed by atoms with E-state index in [1.54, 1.807) is 18.3 Å². The third-order valence-electron chi connectivity index (χ3n) is 4.65. The van der Waals surface area contributed by atoms with Crippen LogP contribution in [0.15, 0.2) is 47.4 Å². The number of nitrogens with zero attached hydrogens (tertiary/aromatic N) is 3. The van der Waals surface area contributed by atoms with Gasteiger partial charge < -0.3 is 9.47 Å². The zero-order valence-electron chi connectivity index (χ0n) is 12.2. The molecule has 2 atom stereocenters. The Morgan fingerprint density at radius 2 is 2.00 bits per heavy atom. The number of carbonyl (C=O) groups excluding carboxylic acids is 1. The van der Waals surface area contributed by atoms with E-state index in [9.17, 15) is 9.59 Å². The Balaban J connectivity index is 1.64. The number of carbonyl (C=O) groups is 1. The molecule has 4 rings (SSSR count). The molecule has 2 aliphatic heterocycles. The minimum absolute atomic E-state index is 0.0120. The van der Waals surface area contributed by atoms with Crippen molar-refractivity contribution in [2.75, 3.05) is 13.1 Å². The summed E-state index contributed by atoms with van der Waals surface area (Å²) >= 11 is 0. The maximum Gasteiger partial charge on any atom is 0.272 e. The fraction of sp³-hybridized carbons (Fsp3) is 0.353. The Morgan fingerprint density at radius 1 is 1.09 bits per heavy atom. The highest BCUT2D eigenvalue weighted by Gasteiger charge is 2.36. The van der Waals surface area contributed by atoms with Crippen LogP contribution in [0.5, 0.6) is 0 Å². The van der Waals surface area contributed by atoms with Crippen LogP contribution < -0.4 is 5.56 Å². The van der Waals surface area contributed by atoms with E-state index in [-0.39, 0.29) is 17.4 Å². The second kappa shape index (κ2) is 5.09. The van der Waals surface area contributed by atoms with Gasteiger partial charge in [-0.3, -0.25) is 14.6 Å². The van der Waals surface area contributed by atoms with Gasteiger partial charge in [0, 0.05) is 43.5 Å². The zero-order valence-corrected chi connectivity index (χ0v) is 12.2. The lowest BCUT2D eigenvalue weighted by Crippen LogP contribution is -2.49. The van der Waals surface area contributed by atoms with Crippen LogP contribution in [0.2, 0.25) is 0 Å². The van der Waals surface area contributed by atoms with Crippen LogP contribution in [-0.2, 0) is 6.54 Å². The number of pyridine rings is 2. The highest BCUT2D eigenvalue weighted by Crippen LogP contribution is 2.35. The summed E-state index contributed by atoms with van der Waals surface area (Å²) in [7, 11) is 0. The lowest BCUT2D eigenvalue weighted by molar-refractivity contribution is 0.0589. The van der Waals surface area contributed by atoms with Crippen LogP contribution in [-0.4, -0.2) is 33.4 Å². The summed E-state index contributed by atoms with van der Waals surface area (Å²) in [6.07, 6.45) is 2.70. The molecule has 112 valence electrons. The number of amides is 1. The quantitative estimate of drug-likeness (QED) is 0.801. The minimum Gasteiger partial charge on any atom is -0.336 e. The molecular weight excluding hydrogens is 278 g/mol. The van der Waals surface area contributed by atoms with E-state index in [1.165, 1.54) is 0 Å². The molecule has 5 nitrogen and oxygen atoms in total. The molecule has 1 amide bonds. The fourth-order valence-corrected chi connectivity index (χ4v) is 3.71. The van der Waals surface area contributed by atoms with Gasteiger partial charge in [-0.2, -0.15) is 0 Å². The number of rotatable bonds is 1. The monoisotopic (exact) mass is 295 g/mol. The Kier molecular flexibility index (Phi) is 3.06. The molecule has 4 heterocycles. The molecule has 0 saturated carbocycles. The van der Waals surface area contributed by atoms with Crippen molar-refractivity contribution < 1.29 is 4.79 Å². The fourth-order valence-electron chi connectivity index (χ4n) is 3.71. The predicted octanol–water partition coefficient (Wildman–Crippen LogP) is 1.50. The van der Waals surface area contributed by atoms with Gasteiger partial charge in [0.15, 0.2) is 0 Å². The molecule has 2 unspecified atom stereocenters. The number of hydrogen-bond acceptors (Lipinski definition) is 3. The Hall–Kier alpha value is -2.43. The lowest BCUT2D eigenvalue weighted by atomic mass is 9.83. The summed E-state index contributed by atoms with van der Waals surface area (Å²) in [5.74, 6) is 0.579. The Morgan fingerprint density at radius 3 is 2.82 bits per heavy atom. The van der Waals surface area contributed by atoms with Crippen molar-refractivity contribution in [3.8, 4) is 0 Å². The van der Waals surface area contributed by atoms with Crippen LogP contribution in [0.1, 0.15) is 28.5 Å². The summed E-state index contributed by atoms with van der Waals surface area (Å²) in [4.78, 5) is 30.7. The number of piperidine rings is 1. The van der Waals surface area contributed by atoms with E-state index in [2.05, 4.69) is 4.98 Å². The normalized spacial score (nSPS) is 23.0. The summed E-state index contributed by atoms with van der Waals surface area (Å²) in [6.45, 7) is 2.07. The Bertz CT molecular complexity index is 769. The third kappa shape index (κ3) is 2.13. The number of fused-ring (bicyclic) bond motifs is 4. The molecule has 0 N–H and O–H groups in total. The molecule has 2 aromatic heterocycles. The first-order valence-electron chi connectivity index (χ1n) is 7.62. The van der Waals surface area contributed by atoms with E-state index in [4.69, 9.17) is 0 Å². The first-order chi connectivity index (χ1) is 10.7. The summed E-state index contributed by atoms with van der Waals surface area (Å²) in [5, 5.41) is 0. The van der Waals surface area contributed by atoms with Gasteiger partial charge in [-0.1, -0.05) is 12.1 Å². The van der Waals surface area contributed by atoms with Gasteiger partial charge in [0.25, 0.3) is 11.5 Å². The van der Waals surface area contributed by atoms with Crippen LogP contribution in [0.25, 0.3) is 0 Å². The van der Waals surface area contributed by atoms with Crippen molar-refractivity contribution in [1.29, 1.82) is 0 Å². The molecule has 2 aliphatic rings. The van der Waals surface area contributed by atoms with E-state index in [1.807, 2.05) is 33.7 Å². The van der Waals surface area contributed by atoms with Crippen LogP contribution >= 0.6 is 0 Å². The first kappa shape index (κ1) is 13.2. The van der Waals surface area contributed by atoms with Crippen molar-refractivity contribution in [2.24, 2.45) is 5.92 Å². The van der Waals surface area contributed by atoms with E-state index < -0.39 is 0 Å². The molecular formula is C17H17N3O2. The predicted molar refractivity (Wildman–Crippen MR) is 81.7 cm³/mol. The second-order valence-corrected chi connectivity index (χ2v) is 6.12. The lowest BCUT2D eigenvalue weighted by Gasteiger charge is -2.42. The van der Waals surface area contributed by atoms with E-state index in [0.29, 0.717) is 31.2 Å². The molecule has 0 aliphatic carbocycles. The largest absolute Gasteiger partial charge is 0.336 e. The van der Waals surface area contributed by atoms with E-state index in [0.717, 1.165) is 12.1 Å². The minimum atomic E-state index is -0.0120. The topological polar surface area (TPSA) is 55.2 Å². The van der Waals surface area contributed by atoms with Gasteiger partial charge in [0.1, 0.15) is 5.69 Å². The first-order valence-corrected chi connectivity index (χ1v) is 7.62. The zero-order chi connectivity index (χ0) is 15.1. The second-order valence-electron chi connectivity index (χ2n) is 6.12. The van der Waals surface area contributed by atoms with Gasteiger partial charge in [0.2, 0.25) is 0 Å². The van der Waals surface area contributed by atoms with Crippen molar-refractivity contribution >= 4 is 5.91 Å². The van der Waals surface area contributed by atoms with Crippen molar-refractivity contribution in [1.82, 2.24) is 14.5 Å². The number of likely N-dealkylation sites (tertiary alicyclic amines) is 1. The molecule has 2 aromatic rings. The van der Waals surface area contributed by atoms with Crippen LogP contribution in [0.3, 0.4) is 0 Å². The van der Waals surface area contributed by atoms with Gasteiger partial charge in [0.05, 0.1) is 0 Å². The SMILES string of the molecule is O=C(c1ccccn1)N1CC2CC(C1)c1cccc(=O)n1C2. The third-order valence-corrected chi connectivity index (χ3v) is 4.65. The summed E-state index contributed by atoms with van der Waals surface area (Å²) in [6, 6.07) is 10.8. The average molecular weight is 295 g/mol. The average Bonchev–Trinajstić information content (AvgIpc) is 2.56. The molecule has 0 radical (unpaired) electrons.